The number of pyridine rings is 2. The lowest BCUT2D eigenvalue weighted by Gasteiger charge is -2.26. The Morgan fingerprint density at radius 2 is 1.78 bits per heavy atom. The Kier molecular flexibility index (Phi) is 7.95. The average Bonchev–Trinajstić information content (AvgIpc) is 3.40. The van der Waals surface area contributed by atoms with Gasteiger partial charge in [0, 0.05) is 91.9 Å². The Labute approximate surface area is 233 Å². The molecule has 0 spiro atoms. The van der Waals surface area contributed by atoms with Gasteiger partial charge in [0.1, 0.15) is 5.52 Å². The molecule has 3 N–H and O–H groups in total. The maximum absolute atomic E-state index is 13.4. The topological polar surface area (TPSA) is 111 Å². The first-order valence-electron chi connectivity index (χ1n) is 13.0. The molecule has 0 saturated carbocycles. The molecule has 1 fully saturated rings. The number of hydrogen-bond donors (Lipinski definition) is 2. The van der Waals surface area contributed by atoms with Crippen molar-refractivity contribution < 1.29 is 17.9 Å². The Morgan fingerprint density at radius 1 is 1.05 bits per heavy atom. The van der Waals surface area contributed by atoms with Crippen molar-refractivity contribution in [2.45, 2.75) is 12.8 Å². The van der Waals surface area contributed by atoms with Gasteiger partial charge in [0.15, 0.2) is 0 Å². The van der Waals surface area contributed by atoms with Gasteiger partial charge in [0.2, 0.25) is 0 Å². The smallest absolute Gasteiger partial charge is 0.404 e. The van der Waals surface area contributed by atoms with Crippen molar-refractivity contribution in [1.29, 1.82) is 0 Å². The molecule has 214 valence electrons. The maximum Gasteiger partial charge on any atom is 0.503 e. The molecule has 0 amide bonds. The summed E-state index contributed by atoms with van der Waals surface area (Å²) >= 11 is 0. The fraction of sp³-hybridized carbons (Fsp3) is 0.276. The van der Waals surface area contributed by atoms with E-state index in [0.29, 0.717) is 49.0 Å². The van der Waals surface area contributed by atoms with E-state index in [2.05, 4.69) is 14.9 Å². The first kappa shape index (κ1) is 28.1. The Balaban J connectivity index is 1.66. The van der Waals surface area contributed by atoms with Gasteiger partial charge in [-0.2, -0.15) is 4.99 Å². The van der Waals surface area contributed by atoms with Gasteiger partial charge in [-0.05, 0) is 17.2 Å². The molecule has 12 heteroatoms. The van der Waals surface area contributed by atoms with Crippen molar-refractivity contribution in [1.82, 2.24) is 19.0 Å². The van der Waals surface area contributed by atoms with Crippen molar-refractivity contribution in [2.75, 3.05) is 32.8 Å². The number of aromatic nitrogens is 3. The zero-order valence-corrected chi connectivity index (χ0v) is 22.3. The molecule has 0 unspecified atom stereocenters. The zero-order valence-electron chi connectivity index (χ0n) is 22.3. The number of nitrogens with one attached hydrogen (secondary N) is 1. The molecule has 1 aromatic carbocycles. The molecule has 1 aliphatic heterocycles. The van der Waals surface area contributed by atoms with Gasteiger partial charge in [-0.1, -0.05) is 30.3 Å². The first-order chi connectivity index (χ1) is 19.6. The highest BCUT2D eigenvalue weighted by Crippen LogP contribution is 2.35. The first-order valence-corrected chi connectivity index (χ1v) is 13.0. The summed E-state index contributed by atoms with van der Waals surface area (Å²) in [6.07, 6.45) is 0.239. The van der Waals surface area contributed by atoms with E-state index in [1.165, 1.54) is 4.57 Å². The number of morpholine rings is 1. The van der Waals surface area contributed by atoms with Crippen LogP contribution >= 0.6 is 0 Å². The normalized spacial score (nSPS) is 15.3. The Hall–Kier alpha value is -4.42. The summed E-state index contributed by atoms with van der Waals surface area (Å²) in [6, 6.07) is 12.6. The second-order valence-electron chi connectivity index (χ2n) is 9.73. The Morgan fingerprint density at radius 3 is 2.46 bits per heavy atom. The number of ether oxygens (including phenoxy) is 1. The number of halogens is 3. The fourth-order valence-corrected chi connectivity index (χ4v) is 4.94. The third-order valence-corrected chi connectivity index (χ3v) is 7.07. The molecule has 3 aromatic heterocycles. The average molecular weight is 567 g/mol. The molecule has 5 rings (SSSR count). The number of aromatic amines is 1. The summed E-state index contributed by atoms with van der Waals surface area (Å²) in [5.41, 5.74) is 8.07. The largest absolute Gasteiger partial charge is 0.503 e. The minimum Gasteiger partial charge on any atom is -0.404 e. The molecular weight excluding hydrogens is 537 g/mol. The van der Waals surface area contributed by atoms with Crippen LogP contribution in [0.4, 0.5) is 13.2 Å². The van der Waals surface area contributed by atoms with Crippen LogP contribution in [-0.4, -0.2) is 64.4 Å². The molecule has 9 nitrogen and oxygen atoms in total. The standard InChI is InChI=1S/C29H29F3N6O3/c1-36-17-24(22-13-25(35-27(22)28(36)40)20(15-33)16-34-29(30,31)32)21-14-26(39)38(8-7-37-9-11-41-12-10-37)18-23(21)19-5-3-2-4-6-19/h2-6,13-18,35H,7-12,33H2,1H3/b20-15+,34-16+. The van der Waals surface area contributed by atoms with Gasteiger partial charge >= 0.3 is 6.30 Å². The van der Waals surface area contributed by atoms with E-state index in [9.17, 15) is 22.8 Å². The Bertz CT molecular complexity index is 1730. The predicted molar refractivity (Wildman–Crippen MR) is 153 cm³/mol. The van der Waals surface area contributed by atoms with Gasteiger partial charge in [0.25, 0.3) is 11.1 Å². The highest BCUT2D eigenvalue weighted by Gasteiger charge is 2.25. The third kappa shape index (κ3) is 6.18. The molecule has 0 aliphatic carbocycles. The van der Waals surface area contributed by atoms with Crippen LogP contribution in [0.2, 0.25) is 0 Å². The number of nitrogens with two attached hydrogens (primary N) is 1. The summed E-state index contributed by atoms with van der Waals surface area (Å²) in [5.74, 6) is 0. The van der Waals surface area contributed by atoms with Gasteiger partial charge in [-0.3, -0.25) is 14.5 Å². The van der Waals surface area contributed by atoms with Crippen molar-refractivity contribution in [3.05, 3.63) is 87.5 Å². The van der Waals surface area contributed by atoms with E-state index in [1.54, 1.807) is 29.9 Å². The van der Waals surface area contributed by atoms with Crippen LogP contribution in [0, 0.1) is 0 Å². The fourth-order valence-electron chi connectivity index (χ4n) is 4.94. The quantitative estimate of drug-likeness (QED) is 0.263. The van der Waals surface area contributed by atoms with Gasteiger partial charge in [-0.15, -0.1) is 13.2 Å². The molecule has 0 atom stereocenters. The minimum atomic E-state index is -4.78. The number of hydrogen-bond acceptors (Lipinski definition) is 6. The van der Waals surface area contributed by atoms with Gasteiger partial charge in [0.05, 0.1) is 13.2 Å². The number of aryl methyl sites for hydroxylation is 1. The summed E-state index contributed by atoms with van der Waals surface area (Å²) < 4.78 is 46.7. The van der Waals surface area contributed by atoms with E-state index < -0.39 is 6.30 Å². The van der Waals surface area contributed by atoms with Crippen LogP contribution in [0.15, 0.2) is 75.6 Å². The second-order valence-corrected chi connectivity index (χ2v) is 9.73. The number of benzene rings is 1. The third-order valence-electron chi connectivity index (χ3n) is 7.07. The number of alkyl halides is 3. The van der Waals surface area contributed by atoms with E-state index in [-0.39, 0.29) is 27.9 Å². The predicted octanol–water partition coefficient (Wildman–Crippen LogP) is 3.58. The molecule has 0 radical (unpaired) electrons. The van der Waals surface area contributed by atoms with E-state index >= 15 is 0 Å². The number of H-pyrrole nitrogens is 1. The molecule has 1 aliphatic rings. The molecule has 4 heterocycles. The number of aliphatic imine (C=N–C) groups is 1. The van der Waals surface area contributed by atoms with Crippen LogP contribution in [-0.2, 0) is 18.3 Å². The molecule has 4 aromatic rings. The SMILES string of the molecule is Cn1cc(-c2cc(=O)n(CCN3CCOCC3)cc2-c2ccccc2)c2cc(C(=C/N)/C=N/C(F)(F)F)[nH]c2c1=O. The molecule has 41 heavy (non-hydrogen) atoms. The van der Waals surface area contributed by atoms with Crippen molar-refractivity contribution in [3.63, 3.8) is 0 Å². The number of allylic oxidation sites excluding steroid dienone is 1. The lowest BCUT2D eigenvalue weighted by atomic mass is 9.95. The number of fused-ring (bicyclic) bond motifs is 1. The van der Waals surface area contributed by atoms with Crippen LogP contribution in [0.1, 0.15) is 5.69 Å². The van der Waals surface area contributed by atoms with Crippen molar-refractivity contribution in [3.8, 4) is 22.3 Å². The summed E-state index contributed by atoms with van der Waals surface area (Å²) in [6.45, 7) is 4.10. The number of nitrogens with zero attached hydrogens (tertiary/aromatic N) is 4. The lowest BCUT2D eigenvalue weighted by Crippen LogP contribution is -2.39. The summed E-state index contributed by atoms with van der Waals surface area (Å²) in [7, 11) is 1.57. The van der Waals surface area contributed by atoms with E-state index in [0.717, 1.165) is 30.4 Å². The van der Waals surface area contributed by atoms with E-state index in [4.69, 9.17) is 10.5 Å². The maximum atomic E-state index is 13.4. The molecule has 0 bridgehead atoms. The highest BCUT2D eigenvalue weighted by molar-refractivity contribution is 6.11. The van der Waals surface area contributed by atoms with Crippen molar-refractivity contribution in [2.24, 2.45) is 17.8 Å². The summed E-state index contributed by atoms with van der Waals surface area (Å²) in [5, 5.41) is 0.436. The van der Waals surface area contributed by atoms with Crippen LogP contribution in [0.3, 0.4) is 0 Å². The van der Waals surface area contributed by atoms with Crippen molar-refractivity contribution >= 4 is 22.7 Å². The van der Waals surface area contributed by atoms with E-state index in [1.807, 2.05) is 36.5 Å². The molecular formula is C29H29F3N6O3. The zero-order chi connectivity index (χ0) is 29.1. The molecule has 1 saturated heterocycles. The van der Waals surface area contributed by atoms with Crippen LogP contribution < -0.4 is 16.9 Å². The second kappa shape index (κ2) is 11.6. The summed E-state index contributed by atoms with van der Waals surface area (Å²) in [4.78, 5) is 34.2. The number of rotatable bonds is 7. The minimum absolute atomic E-state index is 0.0478. The van der Waals surface area contributed by atoms with Gasteiger partial charge < -0.3 is 24.6 Å². The monoisotopic (exact) mass is 566 g/mol. The van der Waals surface area contributed by atoms with Crippen LogP contribution in [0.25, 0.3) is 38.7 Å². The lowest BCUT2D eigenvalue weighted by molar-refractivity contribution is -0.118. The van der Waals surface area contributed by atoms with Gasteiger partial charge in [-0.25, -0.2) is 0 Å². The highest BCUT2D eigenvalue weighted by atomic mass is 19.4. The van der Waals surface area contributed by atoms with Crippen LogP contribution in [0.5, 0.6) is 0 Å².